The molecule has 0 saturated carbocycles. The van der Waals surface area contributed by atoms with Gasteiger partial charge >= 0.3 is 0 Å². The van der Waals surface area contributed by atoms with Crippen molar-refractivity contribution in [2.75, 3.05) is 12.3 Å². The molecule has 0 fully saturated rings. The van der Waals surface area contributed by atoms with E-state index in [1.165, 1.54) is 0 Å². The second kappa shape index (κ2) is 4.23. The van der Waals surface area contributed by atoms with Gasteiger partial charge in [0.05, 0.1) is 6.07 Å². The van der Waals surface area contributed by atoms with Crippen molar-refractivity contribution < 1.29 is 4.79 Å². The molecule has 0 radical (unpaired) electrons. The van der Waals surface area contributed by atoms with E-state index in [9.17, 15) is 4.79 Å². The third kappa shape index (κ3) is 1.84. The van der Waals surface area contributed by atoms with Crippen LogP contribution in [-0.4, -0.2) is 17.4 Å². The Morgan fingerprint density at radius 3 is 3.06 bits per heavy atom. The third-order valence-corrected chi connectivity index (χ3v) is 2.73. The first-order valence-corrected chi connectivity index (χ1v) is 5.27. The Morgan fingerprint density at radius 1 is 1.50 bits per heavy atom. The van der Waals surface area contributed by atoms with E-state index in [2.05, 4.69) is 6.07 Å². The van der Waals surface area contributed by atoms with Crippen LogP contribution in [-0.2, 0) is 6.54 Å². The molecule has 1 aliphatic heterocycles. The van der Waals surface area contributed by atoms with Gasteiger partial charge in [-0.25, -0.2) is 0 Å². The fourth-order valence-corrected chi connectivity index (χ4v) is 1.91. The highest BCUT2D eigenvalue weighted by atomic mass is 16.2. The molecule has 0 atom stereocenters. The molecule has 0 saturated heterocycles. The van der Waals surface area contributed by atoms with Crippen molar-refractivity contribution in [2.24, 2.45) is 0 Å². The van der Waals surface area contributed by atoms with Gasteiger partial charge in [-0.3, -0.25) is 4.79 Å². The Morgan fingerprint density at radius 2 is 2.31 bits per heavy atom. The Labute approximate surface area is 94.3 Å². The van der Waals surface area contributed by atoms with Crippen molar-refractivity contribution in [2.45, 2.75) is 19.4 Å². The van der Waals surface area contributed by atoms with E-state index in [0.29, 0.717) is 30.8 Å². The van der Waals surface area contributed by atoms with Gasteiger partial charge in [0.15, 0.2) is 0 Å². The third-order valence-electron chi connectivity index (χ3n) is 2.73. The second-order valence-electron chi connectivity index (χ2n) is 3.90. The predicted octanol–water partition coefficient (Wildman–Crippen LogP) is 1.53. The van der Waals surface area contributed by atoms with E-state index in [-0.39, 0.29) is 5.91 Å². The lowest BCUT2D eigenvalue weighted by atomic mass is 10.1. The van der Waals surface area contributed by atoms with Crippen LogP contribution in [0.2, 0.25) is 0 Å². The molecular formula is C12H13N3O. The smallest absolute Gasteiger partial charge is 0.254 e. The first-order valence-electron chi connectivity index (χ1n) is 5.27. The number of nitrogen functional groups attached to an aromatic ring is 1. The fraction of sp³-hybridized carbons (Fsp3) is 0.333. The van der Waals surface area contributed by atoms with Crippen molar-refractivity contribution in [3.63, 3.8) is 0 Å². The van der Waals surface area contributed by atoms with Crippen LogP contribution in [0.5, 0.6) is 0 Å². The number of nitriles is 1. The van der Waals surface area contributed by atoms with Gasteiger partial charge in [0.2, 0.25) is 0 Å². The van der Waals surface area contributed by atoms with Gasteiger partial charge in [-0.15, -0.1) is 0 Å². The molecule has 0 aromatic heterocycles. The molecule has 4 heteroatoms. The summed E-state index contributed by atoms with van der Waals surface area (Å²) in [7, 11) is 0. The van der Waals surface area contributed by atoms with Crippen LogP contribution in [0.1, 0.15) is 28.8 Å². The Kier molecular flexibility index (Phi) is 2.78. The standard InChI is InChI=1S/C12H13N3O/c13-5-1-2-6-15-8-9-3-4-10(14)7-11(9)12(15)16/h3-4,7H,1-2,6,8,14H2. The SMILES string of the molecule is N#CCCCN1Cc2ccc(N)cc2C1=O. The van der Waals surface area contributed by atoms with E-state index in [0.717, 1.165) is 12.0 Å². The highest BCUT2D eigenvalue weighted by Gasteiger charge is 2.26. The van der Waals surface area contributed by atoms with Gasteiger partial charge in [0, 0.05) is 30.8 Å². The van der Waals surface area contributed by atoms with Crippen molar-refractivity contribution in [3.05, 3.63) is 29.3 Å². The average Bonchev–Trinajstić information content (AvgIpc) is 2.57. The molecule has 2 rings (SSSR count). The summed E-state index contributed by atoms with van der Waals surface area (Å²) in [6.45, 7) is 1.28. The minimum absolute atomic E-state index is 0.0280. The summed E-state index contributed by atoms with van der Waals surface area (Å²) in [5, 5.41) is 8.45. The van der Waals surface area contributed by atoms with E-state index in [1.54, 1.807) is 11.0 Å². The van der Waals surface area contributed by atoms with Crippen molar-refractivity contribution in [1.29, 1.82) is 5.26 Å². The molecule has 0 unspecified atom stereocenters. The number of carbonyl (C=O) groups excluding carboxylic acids is 1. The van der Waals surface area contributed by atoms with Crippen LogP contribution < -0.4 is 5.73 Å². The number of unbranched alkanes of at least 4 members (excludes halogenated alkanes) is 1. The molecule has 16 heavy (non-hydrogen) atoms. The first kappa shape index (κ1) is 10.5. The summed E-state index contributed by atoms with van der Waals surface area (Å²) < 4.78 is 0. The molecule has 0 bridgehead atoms. The molecular weight excluding hydrogens is 202 g/mol. The summed E-state index contributed by atoms with van der Waals surface area (Å²) in [4.78, 5) is 13.7. The number of benzene rings is 1. The average molecular weight is 215 g/mol. The number of fused-ring (bicyclic) bond motifs is 1. The summed E-state index contributed by atoms with van der Waals surface area (Å²) in [5.74, 6) is 0.0280. The van der Waals surface area contributed by atoms with Crippen LogP contribution in [0.15, 0.2) is 18.2 Å². The molecule has 4 nitrogen and oxygen atoms in total. The molecule has 1 amide bonds. The quantitative estimate of drug-likeness (QED) is 0.614. The van der Waals surface area contributed by atoms with Gasteiger partial charge in [0.1, 0.15) is 0 Å². The summed E-state index contributed by atoms with van der Waals surface area (Å²) in [6.07, 6.45) is 1.22. The summed E-state index contributed by atoms with van der Waals surface area (Å²) in [6, 6.07) is 7.51. The Balaban J connectivity index is 2.09. The number of anilines is 1. The van der Waals surface area contributed by atoms with Crippen LogP contribution in [0.25, 0.3) is 0 Å². The highest BCUT2D eigenvalue weighted by Crippen LogP contribution is 2.24. The molecule has 1 heterocycles. The van der Waals surface area contributed by atoms with Gasteiger partial charge in [0.25, 0.3) is 5.91 Å². The highest BCUT2D eigenvalue weighted by molar-refractivity contribution is 5.99. The molecule has 0 spiro atoms. The molecule has 1 aromatic rings. The van der Waals surface area contributed by atoms with Crippen LogP contribution >= 0.6 is 0 Å². The minimum atomic E-state index is 0.0280. The first-order chi connectivity index (χ1) is 7.72. The fourth-order valence-electron chi connectivity index (χ4n) is 1.91. The zero-order chi connectivity index (χ0) is 11.5. The Bertz CT molecular complexity index is 462. The number of nitrogens with zero attached hydrogens (tertiary/aromatic N) is 2. The number of rotatable bonds is 3. The molecule has 0 aliphatic carbocycles. The number of nitrogens with two attached hydrogens (primary N) is 1. The summed E-state index contributed by atoms with van der Waals surface area (Å²) >= 11 is 0. The monoisotopic (exact) mass is 215 g/mol. The Hall–Kier alpha value is -2.02. The molecule has 1 aromatic carbocycles. The minimum Gasteiger partial charge on any atom is -0.399 e. The number of amides is 1. The second-order valence-corrected chi connectivity index (χ2v) is 3.90. The lowest BCUT2D eigenvalue weighted by molar-refractivity contribution is 0.0777. The van der Waals surface area contributed by atoms with Gasteiger partial charge < -0.3 is 10.6 Å². The van der Waals surface area contributed by atoms with Crippen molar-refractivity contribution in [3.8, 4) is 6.07 Å². The van der Waals surface area contributed by atoms with Gasteiger partial charge in [-0.1, -0.05) is 6.07 Å². The van der Waals surface area contributed by atoms with Crippen molar-refractivity contribution >= 4 is 11.6 Å². The maximum absolute atomic E-state index is 11.9. The van der Waals surface area contributed by atoms with Gasteiger partial charge in [-0.2, -0.15) is 5.26 Å². The van der Waals surface area contributed by atoms with Crippen LogP contribution in [0, 0.1) is 11.3 Å². The zero-order valence-corrected chi connectivity index (χ0v) is 8.94. The van der Waals surface area contributed by atoms with E-state index in [1.807, 2.05) is 12.1 Å². The molecule has 82 valence electrons. The lowest BCUT2D eigenvalue weighted by Crippen LogP contribution is -2.24. The van der Waals surface area contributed by atoms with E-state index >= 15 is 0 Å². The largest absolute Gasteiger partial charge is 0.399 e. The maximum atomic E-state index is 11.9. The van der Waals surface area contributed by atoms with Crippen molar-refractivity contribution in [1.82, 2.24) is 4.90 Å². The molecule has 1 aliphatic rings. The lowest BCUT2D eigenvalue weighted by Gasteiger charge is -2.13. The van der Waals surface area contributed by atoms with E-state index in [4.69, 9.17) is 11.0 Å². The summed E-state index contributed by atoms with van der Waals surface area (Å²) in [5.41, 5.74) is 7.99. The van der Waals surface area contributed by atoms with Gasteiger partial charge in [-0.05, 0) is 24.1 Å². The van der Waals surface area contributed by atoms with Crippen LogP contribution in [0.3, 0.4) is 0 Å². The van der Waals surface area contributed by atoms with E-state index < -0.39 is 0 Å². The zero-order valence-electron chi connectivity index (χ0n) is 8.94. The predicted molar refractivity (Wildman–Crippen MR) is 60.4 cm³/mol. The maximum Gasteiger partial charge on any atom is 0.254 e. The number of hydrogen-bond acceptors (Lipinski definition) is 3. The topological polar surface area (TPSA) is 70.1 Å². The number of carbonyl (C=O) groups is 1. The molecule has 2 N–H and O–H groups in total. The number of hydrogen-bond donors (Lipinski definition) is 1. The normalized spacial score (nSPS) is 13.7. The van der Waals surface area contributed by atoms with Crippen LogP contribution in [0.4, 0.5) is 5.69 Å².